The number of ketones is 1. The first kappa shape index (κ1) is 24.5. The van der Waals surface area contributed by atoms with Crippen LogP contribution in [0.25, 0.3) is 0 Å². The van der Waals surface area contributed by atoms with Crippen molar-refractivity contribution in [1.82, 2.24) is 4.90 Å². The fraction of sp³-hybridized carbons (Fsp3) is 0.500. The molecule has 174 valence electrons. The molecule has 0 aromatic heterocycles. The highest BCUT2D eigenvalue weighted by atomic mass is 79.9. The summed E-state index contributed by atoms with van der Waals surface area (Å²) in [7, 11) is 1.23. The third kappa shape index (κ3) is 5.26. The summed E-state index contributed by atoms with van der Waals surface area (Å²) in [5.41, 5.74) is 0.915. The van der Waals surface area contributed by atoms with Gasteiger partial charge in [0.15, 0.2) is 23.8 Å². The lowest BCUT2D eigenvalue weighted by molar-refractivity contribution is -0.227. The smallest absolute Gasteiger partial charge is 0.417 e. The number of carbonyl (C=O) groups excluding carboxylic acids is 3. The SMILES string of the molecule is CO[C@H](C(=O)N1C(=O)OC[C@@H]1Cc1ccccc1)[C@@H]1O[C@](O)(CCCCO)C(Br)=CC1=O. The number of unbranched alkanes of at least 4 members (excludes halogenated alkanes) is 1. The number of carbonyl (C=O) groups is 3. The van der Waals surface area contributed by atoms with E-state index in [0.717, 1.165) is 16.5 Å². The van der Waals surface area contributed by atoms with E-state index in [0.29, 0.717) is 19.3 Å². The zero-order valence-electron chi connectivity index (χ0n) is 17.6. The van der Waals surface area contributed by atoms with Gasteiger partial charge in [-0.3, -0.25) is 9.59 Å². The van der Waals surface area contributed by atoms with Crippen molar-refractivity contribution in [3.05, 3.63) is 46.5 Å². The van der Waals surface area contributed by atoms with E-state index in [2.05, 4.69) is 15.9 Å². The van der Waals surface area contributed by atoms with Gasteiger partial charge in [-0.1, -0.05) is 30.3 Å². The van der Waals surface area contributed by atoms with Gasteiger partial charge in [0, 0.05) is 20.1 Å². The molecule has 0 spiro atoms. The molecule has 3 rings (SSSR count). The molecular formula is C22H26BrNO8. The van der Waals surface area contributed by atoms with Crippen LogP contribution >= 0.6 is 15.9 Å². The number of rotatable bonds is 9. The number of amides is 2. The van der Waals surface area contributed by atoms with E-state index < -0.39 is 41.8 Å². The molecule has 1 saturated heterocycles. The Morgan fingerprint density at radius 2 is 2.03 bits per heavy atom. The van der Waals surface area contributed by atoms with Crippen molar-refractivity contribution in [2.24, 2.45) is 0 Å². The minimum atomic E-state index is -1.86. The highest BCUT2D eigenvalue weighted by Gasteiger charge is 2.50. The third-order valence-corrected chi connectivity index (χ3v) is 6.30. The fourth-order valence-corrected chi connectivity index (χ4v) is 4.29. The molecule has 2 heterocycles. The second-order valence-corrected chi connectivity index (χ2v) is 8.54. The van der Waals surface area contributed by atoms with Crippen LogP contribution in [-0.2, 0) is 30.2 Å². The van der Waals surface area contributed by atoms with Crippen LogP contribution < -0.4 is 0 Å². The predicted molar refractivity (Wildman–Crippen MR) is 116 cm³/mol. The average molecular weight is 512 g/mol. The lowest BCUT2D eigenvalue weighted by Crippen LogP contribution is -2.56. The summed E-state index contributed by atoms with van der Waals surface area (Å²) < 4.78 is 16.2. The zero-order chi connectivity index (χ0) is 23.3. The van der Waals surface area contributed by atoms with Crippen molar-refractivity contribution in [2.45, 2.75) is 49.7 Å². The molecule has 10 heteroatoms. The van der Waals surface area contributed by atoms with Crippen molar-refractivity contribution < 1.29 is 38.8 Å². The largest absolute Gasteiger partial charge is 0.447 e. The van der Waals surface area contributed by atoms with Crippen molar-refractivity contribution in [3.8, 4) is 0 Å². The van der Waals surface area contributed by atoms with Gasteiger partial charge in [0.05, 0.1) is 10.5 Å². The molecule has 2 aliphatic rings. The van der Waals surface area contributed by atoms with Gasteiger partial charge in [0.25, 0.3) is 5.91 Å². The molecule has 2 aliphatic heterocycles. The first-order valence-corrected chi connectivity index (χ1v) is 11.1. The molecule has 1 aromatic carbocycles. The fourth-order valence-electron chi connectivity index (χ4n) is 3.77. The molecule has 2 N–H and O–H groups in total. The van der Waals surface area contributed by atoms with Crippen molar-refractivity contribution in [3.63, 3.8) is 0 Å². The van der Waals surface area contributed by atoms with Gasteiger partial charge in [-0.2, -0.15) is 0 Å². The highest BCUT2D eigenvalue weighted by Crippen LogP contribution is 2.36. The average Bonchev–Trinajstić information content (AvgIpc) is 3.13. The maximum atomic E-state index is 13.3. The van der Waals surface area contributed by atoms with Crippen LogP contribution in [0, 0.1) is 0 Å². The molecule has 4 atom stereocenters. The molecule has 0 bridgehead atoms. The minimum absolute atomic E-state index is 0.0198. The quantitative estimate of drug-likeness (QED) is 0.480. The van der Waals surface area contributed by atoms with Gasteiger partial charge in [-0.15, -0.1) is 0 Å². The molecule has 0 radical (unpaired) electrons. The van der Waals surface area contributed by atoms with E-state index in [1.54, 1.807) is 0 Å². The molecule has 1 aromatic rings. The maximum Gasteiger partial charge on any atom is 0.417 e. The maximum absolute atomic E-state index is 13.3. The monoisotopic (exact) mass is 511 g/mol. The predicted octanol–water partition coefficient (Wildman–Crippen LogP) is 1.69. The molecule has 0 aliphatic carbocycles. The van der Waals surface area contributed by atoms with Crippen LogP contribution in [0.5, 0.6) is 0 Å². The van der Waals surface area contributed by atoms with Gasteiger partial charge in [-0.25, -0.2) is 9.69 Å². The van der Waals surface area contributed by atoms with Gasteiger partial charge in [0.1, 0.15) is 6.61 Å². The number of aliphatic hydroxyl groups is 2. The highest BCUT2D eigenvalue weighted by molar-refractivity contribution is 9.11. The van der Waals surface area contributed by atoms with Gasteiger partial charge in [-0.05, 0) is 46.8 Å². The summed E-state index contributed by atoms with van der Waals surface area (Å²) in [6, 6.07) is 8.76. The Morgan fingerprint density at radius 1 is 1.31 bits per heavy atom. The second kappa shape index (κ2) is 10.7. The van der Waals surface area contributed by atoms with Gasteiger partial charge >= 0.3 is 6.09 Å². The van der Waals surface area contributed by atoms with E-state index in [-0.39, 0.29) is 24.1 Å². The lowest BCUT2D eigenvalue weighted by atomic mass is 9.98. The van der Waals surface area contributed by atoms with Crippen molar-refractivity contribution >= 4 is 33.7 Å². The summed E-state index contributed by atoms with van der Waals surface area (Å²) in [6.45, 7) is -0.0370. The Morgan fingerprint density at radius 3 is 2.69 bits per heavy atom. The van der Waals surface area contributed by atoms with E-state index in [4.69, 9.17) is 19.3 Å². The standard InChI is InChI=1S/C22H26BrNO8/c1-30-19(18-16(26)12-17(23)22(29,32-18)9-5-6-10-25)20(27)24-15(13-31-21(24)28)11-14-7-3-2-4-8-14/h2-4,7-8,12,15,18-19,25,29H,5-6,9-11,13H2,1H3/t15-,18+,19-,22+/m0/s1. The zero-order valence-corrected chi connectivity index (χ0v) is 19.2. The van der Waals surface area contributed by atoms with E-state index in [9.17, 15) is 19.5 Å². The Kier molecular flexibility index (Phi) is 8.18. The Balaban J connectivity index is 1.80. The molecule has 9 nitrogen and oxygen atoms in total. The molecule has 2 amide bonds. The number of cyclic esters (lactones) is 1. The lowest BCUT2D eigenvalue weighted by Gasteiger charge is -2.38. The van der Waals surface area contributed by atoms with Crippen LogP contribution in [0.2, 0.25) is 0 Å². The Hall–Kier alpha value is -2.11. The molecule has 0 unspecified atom stereocenters. The number of ether oxygens (including phenoxy) is 3. The van der Waals surface area contributed by atoms with Crippen molar-refractivity contribution in [1.29, 1.82) is 0 Å². The van der Waals surface area contributed by atoms with Crippen LogP contribution in [0.1, 0.15) is 24.8 Å². The van der Waals surface area contributed by atoms with Gasteiger partial charge < -0.3 is 24.4 Å². The number of benzene rings is 1. The number of nitrogens with zero attached hydrogens (tertiary/aromatic N) is 1. The van der Waals surface area contributed by atoms with E-state index in [1.807, 2.05) is 30.3 Å². The number of hydrogen-bond donors (Lipinski definition) is 2. The summed E-state index contributed by atoms with van der Waals surface area (Å²) in [5, 5.41) is 19.9. The summed E-state index contributed by atoms with van der Waals surface area (Å²) in [4.78, 5) is 39.3. The van der Waals surface area contributed by atoms with E-state index in [1.165, 1.54) is 7.11 Å². The van der Waals surface area contributed by atoms with Crippen LogP contribution in [0.4, 0.5) is 4.79 Å². The number of aliphatic hydroxyl groups excluding tert-OH is 1. The Labute approximate surface area is 194 Å². The van der Waals surface area contributed by atoms with Gasteiger partial charge in [0.2, 0.25) is 0 Å². The molecule has 0 saturated carbocycles. The summed E-state index contributed by atoms with van der Waals surface area (Å²) >= 11 is 3.15. The molecular weight excluding hydrogens is 486 g/mol. The normalized spacial score (nSPS) is 26.6. The van der Waals surface area contributed by atoms with Crippen molar-refractivity contribution in [2.75, 3.05) is 20.3 Å². The number of halogens is 1. The molecule has 1 fully saturated rings. The van der Waals surface area contributed by atoms with Crippen LogP contribution in [-0.4, -0.2) is 77.3 Å². The van der Waals surface area contributed by atoms with E-state index >= 15 is 0 Å². The minimum Gasteiger partial charge on any atom is -0.447 e. The topological polar surface area (TPSA) is 123 Å². The summed E-state index contributed by atoms with van der Waals surface area (Å²) in [5.74, 6) is -3.23. The first-order valence-electron chi connectivity index (χ1n) is 10.3. The summed E-state index contributed by atoms with van der Waals surface area (Å²) in [6.07, 6.45) is -1.29. The van der Waals surface area contributed by atoms with Crippen LogP contribution in [0.15, 0.2) is 40.9 Å². The number of imide groups is 1. The van der Waals surface area contributed by atoms with Crippen LogP contribution in [0.3, 0.4) is 0 Å². The number of hydrogen-bond acceptors (Lipinski definition) is 8. The molecule has 32 heavy (non-hydrogen) atoms. The second-order valence-electron chi connectivity index (χ2n) is 7.68. The third-order valence-electron chi connectivity index (χ3n) is 5.45. The first-order chi connectivity index (χ1) is 15.3. The number of methoxy groups -OCH3 is 1. The Bertz CT molecular complexity index is 876.